The lowest BCUT2D eigenvalue weighted by Crippen LogP contribution is -2.08. The Hall–Kier alpha value is -1.31. The van der Waals surface area contributed by atoms with Crippen LogP contribution in [0.1, 0.15) is 89.7 Å². The van der Waals surface area contributed by atoms with Crippen molar-refractivity contribution in [1.29, 1.82) is 0 Å². The van der Waals surface area contributed by atoms with Gasteiger partial charge in [0.1, 0.15) is 6.10 Å². The van der Waals surface area contributed by atoms with Gasteiger partial charge in [-0.2, -0.15) is 0 Å². The maximum absolute atomic E-state index is 11.3. The molecule has 0 spiro atoms. The summed E-state index contributed by atoms with van der Waals surface area (Å²) >= 11 is 0. The summed E-state index contributed by atoms with van der Waals surface area (Å²) in [5, 5.41) is 0. The number of unbranched alkanes of at least 4 members (excludes halogenated alkanes) is 8. The van der Waals surface area contributed by atoms with Crippen LogP contribution in [0.3, 0.4) is 0 Å². The molecule has 1 unspecified atom stereocenters. The highest BCUT2D eigenvalue weighted by Crippen LogP contribution is 2.24. The van der Waals surface area contributed by atoms with Crippen molar-refractivity contribution in [1.82, 2.24) is 0 Å². The second kappa shape index (κ2) is 12.3. The first-order valence-corrected chi connectivity index (χ1v) is 8.96. The third-order valence-electron chi connectivity index (χ3n) is 4.05. The van der Waals surface area contributed by atoms with E-state index in [1.165, 1.54) is 58.3 Å². The van der Waals surface area contributed by atoms with Gasteiger partial charge in [0.05, 0.1) is 0 Å². The summed E-state index contributed by atoms with van der Waals surface area (Å²) in [6, 6.07) is 10.1. The summed E-state index contributed by atoms with van der Waals surface area (Å²) in [7, 11) is 0. The maximum Gasteiger partial charge on any atom is 0.303 e. The number of ether oxygens (including phenoxy) is 1. The number of rotatable bonds is 12. The van der Waals surface area contributed by atoms with Crippen LogP contribution in [0.5, 0.6) is 0 Å². The van der Waals surface area contributed by atoms with E-state index in [1.54, 1.807) is 0 Å². The molecule has 1 aromatic carbocycles. The van der Waals surface area contributed by atoms with E-state index in [-0.39, 0.29) is 12.1 Å². The summed E-state index contributed by atoms with van der Waals surface area (Å²) in [4.78, 5) is 11.3. The summed E-state index contributed by atoms with van der Waals surface area (Å²) in [6.07, 6.45) is 12.7. The highest BCUT2D eigenvalue weighted by atomic mass is 16.5. The normalized spacial score (nSPS) is 12.1. The predicted octanol–water partition coefficient (Wildman–Crippen LogP) is 6.21. The van der Waals surface area contributed by atoms with Gasteiger partial charge in [-0.3, -0.25) is 4.79 Å². The van der Waals surface area contributed by atoms with Gasteiger partial charge in [-0.05, 0) is 18.4 Å². The molecule has 0 aromatic heterocycles. The molecule has 0 bridgehead atoms. The minimum Gasteiger partial charge on any atom is -0.458 e. The van der Waals surface area contributed by atoms with Crippen LogP contribution in [-0.4, -0.2) is 5.97 Å². The van der Waals surface area contributed by atoms with Crippen LogP contribution >= 0.6 is 0 Å². The molecule has 0 N–H and O–H groups in total. The SMILES string of the molecule is CCCCCCCCCCCC(OC(C)=O)c1ccccc1. The zero-order valence-electron chi connectivity index (χ0n) is 14.4. The lowest BCUT2D eigenvalue weighted by molar-refractivity contribution is -0.147. The average Bonchev–Trinajstić information content (AvgIpc) is 2.52. The predicted molar refractivity (Wildman–Crippen MR) is 92.8 cm³/mol. The first-order valence-electron chi connectivity index (χ1n) is 8.96. The zero-order chi connectivity index (χ0) is 16.0. The Labute approximate surface area is 136 Å². The molecular weight excluding hydrogens is 272 g/mol. The average molecular weight is 304 g/mol. The summed E-state index contributed by atoms with van der Waals surface area (Å²) in [5.41, 5.74) is 1.11. The smallest absolute Gasteiger partial charge is 0.303 e. The van der Waals surface area contributed by atoms with Gasteiger partial charge in [0, 0.05) is 6.92 Å². The van der Waals surface area contributed by atoms with Crippen LogP contribution in [0.25, 0.3) is 0 Å². The molecule has 2 nitrogen and oxygen atoms in total. The largest absolute Gasteiger partial charge is 0.458 e. The third kappa shape index (κ3) is 8.86. The molecule has 124 valence electrons. The van der Waals surface area contributed by atoms with Crippen LogP contribution in [-0.2, 0) is 9.53 Å². The van der Waals surface area contributed by atoms with Crippen LogP contribution in [0.2, 0.25) is 0 Å². The van der Waals surface area contributed by atoms with Gasteiger partial charge < -0.3 is 4.74 Å². The molecule has 1 atom stereocenters. The van der Waals surface area contributed by atoms with E-state index < -0.39 is 0 Å². The van der Waals surface area contributed by atoms with Gasteiger partial charge >= 0.3 is 5.97 Å². The van der Waals surface area contributed by atoms with Crippen molar-refractivity contribution < 1.29 is 9.53 Å². The monoisotopic (exact) mass is 304 g/mol. The molecule has 1 aromatic rings. The number of hydrogen-bond donors (Lipinski definition) is 0. The number of benzene rings is 1. The molecule has 22 heavy (non-hydrogen) atoms. The quantitative estimate of drug-likeness (QED) is 0.339. The fraction of sp³-hybridized carbons (Fsp3) is 0.650. The zero-order valence-corrected chi connectivity index (χ0v) is 14.4. The Morgan fingerprint density at radius 2 is 1.45 bits per heavy atom. The molecular formula is C20H32O2. The van der Waals surface area contributed by atoms with Crippen LogP contribution in [0.4, 0.5) is 0 Å². The Morgan fingerprint density at radius 3 is 2.00 bits per heavy atom. The Kier molecular flexibility index (Phi) is 10.4. The van der Waals surface area contributed by atoms with Gasteiger partial charge in [0.15, 0.2) is 0 Å². The number of esters is 1. The van der Waals surface area contributed by atoms with Crippen molar-refractivity contribution in [2.45, 2.75) is 84.2 Å². The van der Waals surface area contributed by atoms with E-state index in [2.05, 4.69) is 6.92 Å². The molecule has 0 aliphatic carbocycles. The molecule has 2 heteroatoms. The lowest BCUT2D eigenvalue weighted by Gasteiger charge is -2.17. The Balaban J connectivity index is 2.17. The van der Waals surface area contributed by atoms with Crippen LogP contribution < -0.4 is 0 Å². The van der Waals surface area contributed by atoms with Crippen molar-refractivity contribution in [3.8, 4) is 0 Å². The first-order chi connectivity index (χ1) is 10.7. The van der Waals surface area contributed by atoms with Crippen molar-refractivity contribution in [3.05, 3.63) is 35.9 Å². The second-order valence-electron chi connectivity index (χ2n) is 6.13. The Bertz CT molecular complexity index is 386. The van der Waals surface area contributed by atoms with Crippen molar-refractivity contribution >= 4 is 5.97 Å². The van der Waals surface area contributed by atoms with Gasteiger partial charge in [-0.1, -0.05) is 88.6 Å². The van der Waals surface area contributed by atoms with E-state index in [9.17, 15) is 4.79 Å². The molecule has 0 heterocycles. The fourth-order valence-corrected chi connectivity index (χ4v) is 2.80. The van der Waals surface area contributed by atoms with E-state index in [1.807, 2.05) is 30.3 Å². The molecule has 0 fully saturated rings. The fourth-order valence-electron chi connectivity index (χ4n) is 2.80. The highest BCUT2D eigenvalue weighted by Gasteiger charge is 2.13. The van der Waals surface area contributed by atoms with Crippen LogP contribution in [0, 0.1) is 0 Å². The molecule has 0 aliphatic heterocycles. The van der Waals surface area contributed by atoms with Crippen molar-refractivity contribution in [3.63, 3.8) is 0 Å². The second-order valence-corrected chi connectivity index (χ2v) is 6.13. The molecule has 0 saturated heterocycles. The van der Waals surface area contributed by atoms with Gasteiger partial charge in [-0.25, -0.2) is 0 Å². The summed E-state index contributed by atoms with van der Waals surface area (Å²) < 4.78 is 5.47. The third-order valence-corrected chi connectivity index (χ3v) is 4.05. The topological polar surface area (TPSA) is 26.3 Å². The molecule has 0 aliphatic rings. The van der Waals surface area contributed by atoms with Gasteiger partial charge in [0.2, 0.25) is 0 Å². The summed E-state index contributed by atoms with van der Waals surface area (Å²) in [5.74, 6) is -0.190. The number of carbonyl (C=O) groups is 1. The van der Waals surface area contributed by atoms with Crippen molar-refractivity contribution in [2.24, 2.45) is 0 Å². The minimum absolute atomic E-state index is 0.0803. The van der Waals surface area contributed by atoms with Gasteiger partial charge in [-0.15, -0.1) is 0 Å². The Morgan fingerprint density at radius 1 is 0.909 bits per heavy atom. The van der Waals surface area contributed by atoms with Crippen molar-refractivity contribution in [2.75, 3.05) is 0 Å². The first kappa shape index (κ1) is 18.7. The lowest BCUT2D eigenvalue weighted by atomic mass is 10.0. The van der Waals surface area contributed by atoms with Crippen LogP contribution in [0.15, 0.2) is 30.3 Å². The minimum atomic E-state index is -0.190. The molecule has 0 amide bonds. The van der Waals surface area contributed by atoms with E-state index in [0.717, 1.165) is 18.4 Å². The van der Waals surface area contributed by atoms with Gasteiger partial charge in [0.25, 0.3) is 0 Å². The summed E-state index contributed by atoms with van der Waals surface area (Å²) in [6.45, 7) is 3.75. The molecule has 0 saturated carbocycles. The molecule has 0 radical (unpaired) electrons. The maximum atomic E-state index is 11.3. The van der Waals surface area contributed by atoms with E-state index >= 15 is 0 Å². The highest BCUT2D eigenvalue weighted by molar-refractivity contribution is 5.66. The van der Waals surface area contributed by atoms with E-state index in [0.29, 0.717) is 0 Å². The standard InChI is InChI=1S/C20H32O2/c1-3-4-5-6-7-8-9-10-14-17-20(22-18(2)21)19-15-12-11-13-16-19/h11-13,15-16,20H,3-10,14,17H2,1-2H3. The molecule has 1 rings (SSSR count). The number of hydrogen-bond acceptors (Lipinski definition) is 2. The van der Waals surface area contributed by atoms with E-state index in [4.69, 9.17) is 4.74 Å². The number of carbonyl (C=O) groups excluding carboxylic acids is 1.